The monoisotopic (exact) mass is 508 g/mol. The Morgan fingerprint density at radius 3 is 2.66 bits per heavy atom. The van der Waals surface area contributed by atoms with Crippen molar-refractivity contribution in [2.24, 2.45) is 0 Å². The number of hydrogen-bond acceptors (Lipinski definition) is 5. The highest BCUT2D eigenvalue weighted by molar-refractivity contribution is 5.78. The summed E-state index contributed by atoms with van der Waals surface area (Å²) in [5.41, 5.74) is 5.27. The number of pyridine rings is 1. The molecule has 2 aromatic carbocycles. The third-order valence-electron chi connectivity index (χ3n) is 7.43. The minimum absolute atomic E-state index is 0.151. The number of piperazine rings is 1. The Morgan fingerprint density at radius 2 is 1.82 bits per heavy atom. The van der Waals surface area contributed by atoms with Gasteiger partial charge in [0.2, 0.25) is 12.7 Å². The summed E-state index contributed by atoms with van der Waals surface area (Å²) in [7, 11) is 0. The number of nitrogens with zero attached hydrogens (tertiary/aromatic N) is 4. The van der Waals surface area contributed by atoms with Gasteiger partial charge in [-0.25, -0.2) is 4.98 Å². The van der Waals surface area contributed by atoms with Crippen LogP contribution in [0.25, 0.3) is 11.7 Å². The summed E-state index contributed by atoms with van der Waals surface area (Å²) in [5.74, 6) is 1.47. The second kappa shape index (κ2) is 10.7. The molecule has 0 bridgehead atoms. The number of imidazole rings is 1. The molecule has 4 aromatic rings. The van der Waals surface area contributed by atoms with Crippen molar-refractivity contribution in [2.45, 2.75) is 19.3 Å². The van der Waals surface area contributed by atoms with Crippen LogP contribution in [0.4, 0.5) is 0 Å². The molecule has 2 aromatic heterocycles. The first-order valence-corrected chi connectivity index (χ1v) is 13.2. The minimum atomic E-state index is -0.151. The van der Waals surface area contributed by atoms with Gasteiger partial charge in [0.25, 0.3) is 0 Å². The van der Waals surface area contributed by atoms with E-state index in [9.17, 15) is 4.79 Å². The summed E-state index contributed by atoms with van der Waals surface area (Å²) in [6.07, 6.45) is 8.67. The van der Waals surface area contributed by atoms with Crippen molar-refractivity contribution in [3.05, 3.63) is 102 Å². The first-order chi connectivity index (χ1) is 18.6. The van der Waals surface area contributed by atoms with E-state index in [4.69, 9.17) is 9.47 Å². The number of aryl methyl sites for hydroxylation is 1. The SMILES string of the molecule is Cc1ccn2c(C(CC(=O)N3CCN(CC=Cc4ccccc4)CC3)c3ccc4c(c3)OCO4)cnc2c1. The maximum atomic E-state index is 13.6. The average Bonchev–Trinajstić information content (AvgIpc) is 3.59. The van der Waals surface area contributed by atoms with Gasteiger partial charge in [0.1, 0.15) is 5.65 Å². The predicted octanol–water partition coefficient (Wildman–Crippen LogP) is 4.75. The van der Waals surface area contributed by atoms with Crippen molar-refractivity contribution in [2.75, 3.05) is 39.5 Å². The zero-order chi connectivity index (χ0) is 25.9. The van der Waals surface area contributed by atoms with Gasteiger partial charge in [-0.1, -0.05) is 48.6 Å². The molecule has 1 atom stereocenters. The van der Waals surface area contributed by atoms with Gasteiger partial charge < -0.3 is 18.8 Å². The molecule has 38 heavy (non-hydrogen) atoms. The Hall–Kier alpha value is -4.10. The first-order valence-electron chi connectivity index (χ1n) is 13.2. The van der Waals surface area contributed by atoms with Gasteiger partial charge >= 0.3 is 0 Å². The quantitative estimate of drug-likeness (QED) is 0.361. The Kier molecular flexibility index (Phi) is 6.84. The largest absolute Gasteiger partial charge is 0.454 e. The summed E-state index contributed by atoms with van der Waals surface area (Å²) >= 11 is 0. The summed E-state index contributed by atoms with van der Waals surface area (Å²) in [6, 6.07) is 20.5. The van der Waals surface area contributed by atoms with Crippen molar-refractivity contribution in [3.8, 4) is 11.5 Å². The topological polar surface area (TPSA) is 59.3 Å². The van der Waals surface area contributed by atoms with Crippen molar-refractivity contribution in [1.82, 2.24) is 19.2 Å². The van der Waals surface area contributed by atoms with E-state index in [0.717, 1.165) is 66.7 Å². The lowest BCUT2D eigenvalue weighted by Crippen LogP contribution is -2.48. The Balaban J connectivity index is 1.16. The van der Waals surface area contributed by atoms with Gasteiger partial charge in [0.15, 0.2) is 11.5 Å². The molecule has 7 nitrogen and oxygen atoms in total. The second-order valence-corrected chi connectivity index (χ2v) is 9.98. The minimum Gasteiger partial charge on any atom is -0.454 e. The fraction of sp³-hybridized carbons (Fsp3) is 0.290. The smallest absolute Gasteiger partial charge is 0.231 e. The molecule has 0 radical (unpaired) electrons. The summed E-state index contributed by atoms with van der Waals surface area (Å²) < 4.78 is 13.3. The van der Waals surface area contributed by atoms with E-state index in [-0.39, 0.29) is 18.6 Å². The van der Waals surface area contributed by atoms with Crippen LogP contribution in [-0.4, -0.2) is 64.6 Å². The number of amides is 1. The van der Waals surface area contributed by atoms with E-state index in [0.29, 0.717) is 6.42 Å². The molecular weight excluding hydrogens is 476 g/mol. The molecular formula is C31H32N4O3. The van der Waals surface area contributed by atoms with Crippen LogP contribution in [0.5, 0.6) is 11.5 Å². The van der Waals surface area contributed by atoms with Gasteiger partial charge in [-0.05, 0) is 47.9 Å². The number of aromatic nitrogens is 2. The molecule has 1 saturated heterocycles. The molecule has 1 amide bonds. The van der Waals surface area contributed by atoms with E-state index in [1.54, 1.807) is 0 Å². The fourth-order valence-corrected chi connectivity index (χ4v) is 5.27. The maximum absolute atomic E-state index is 13.6. The van der Waals surface area contributed by atoms with E-state index >= 15 is 0 Å². The van der Waals surface area contributed by atoms with E-state index in [1.807, 2.05) is 41.6 Å². The molecule has 4 heterocycles. The molecule has 0 saturated carbocycles. The lowest BCUT2D eigenvalue weighted by molar-refractivity contribution is -0.133. The van der Waals surface area contributed by atoms with Gasteiger partial charge in [0, 0.05) is 57.5 Å². The Bertz CT molecular complexity index is 1450. The molecule has 0 N–H and O–H groups in total. The van der Waals surface area contributed by atoms with Gasteiger partial charge in [0.05, 0.1) is 5.69 Å². The molecule has 2 aliphatic rings. The number of rotatable bonds is 7. The normalized spacial score (nSPS) is 16.4. The second-order valence-electron chi connectivity index (χ2n) is 9.98. The van der Waals surface area contributed by atoms with Crippen LogP contribution in [0.3, 0.4) is 0 Å². The standard InChI is InChI=1S/C31H32N4O3/c1-23-11-13-35-27(21-32-30(35)18-23)26(25-9-10-28-29(19-25)38-22-37-28)20-31(36)34-16-14-33(15-17-34)12-5-8-24-6-3-2-4-7-24/h2-11,13,18-19,21,26H,12,14-17,20,22H2,1H3. The van der Waals surface area contributed by atoms with Crippen molar-refractivity contribution in [3.63, 3.8) is 0 Å². The van der Waals surface area contributed by atoms with E-state index in [2.05, 4.69) is 69.8 Å². The fourth-order valence-electron chi connectivity index (χ4n) is 5.27. The average molecular weight is 509 g/mol. The third-order valence-corrected chi connectivity index (χ3v) is 7.43. The van der Waals surface area contributed by atoms with Crippen LogP contribution in [0.1, 0.15) is 34.7 Å². The van der Waals surface area contributed by atoms with Gasteiger partial charge in [-0.15, -0.1) is 0 Å². The van der Waals surface area contributed by atoms with Crippen LogP contribution < -0.4 is 9.47 Å². The molecule has 0 spiro atoms. The molecule has 194 valence electrons. The van der Waals surface area contributed by atoms with E-state index < -0.39 is 0 Å². The summed E-state index contributed by atoms with van der Waals surface area (Å²) in [5, 5.41) is 0. The highest BCUT2D eigenvalue weighted by Crippen LogP contribution is 2.38. The zero-order valence-electron chi connectivity index (χ0n) is 21.6. The van der Waals surface area contributed by atoms with Crippen molar-refractivity contribution < 1.29 is 14.3 Å². The number of ether oxygens (including phenoxy) is 2. The van der Waals surface area contributed by atoms with Crippen LogP contribution >= 0.6 is 0 Å². The van der Waals surface area contributed by atoms with Crippen LogP contribution in [0.2, 0.25) is 0 Å². The number of hydrogen-bond donors (Lipinski definition) is 0. The van der Waals surface area contributed by atoms with Crippen LogP contribution in [0, 0.1) is 6.92 Å². The number of benzene rings is 2. The number of carbonyl (C=O) groups excluding carboxylic acids is 1. The summed E-state index contributed by atoms with van der Waals surface area (Å²) in [4.78, 5) is 22.7. The number of carbonyl (C=O) groups is 1. The zero-order valence-corrected chi connectivity index (χ0v) is 21.6. The van der Waals surface area contributed by atoms with Gasteiger partial charge in [-0.3, -0.25) is 9.69 Å². The Morgan fingerprint density at radius 1 is 1.00 bits per heavy atom. The van der Waals surface area contributed by atoms with Crippen molar-refractivity contribution >= 4 is 17.6 Å². The van der Waals surface area contributed by atoms with E-state index in [1.165, 1.54) is 5.56 Å². The predicted molar refractivity (Wildman–Crippen MR) is 147 cm³/mol. The molecule has 2 aliphatic heterocycles. The van der Waals surface area contributed by atoms with Gasteiger partial charge in [-0.2, -0.15) is 0 Å². The first kappa shape index (κ1) is 24.2. The molecule has 6 rings (SSSR count). The van der Waals surface area contributed by atoms with Crippen LogP contribution in [-0.2, 0) is 4.79 Å². The number of fused-ring (bicyclic) bond motifs is 2. The molecule has 0 aliphatic carbocycles. The molecule has 1 unspecified atom stereocenters. The summed E-state index contributed by atoms with van der Waals surface area (Å²) in [6.45, 7) is 6.38. The Labute approximate surface area is 222 Å². The lowest BCUT2D eigenvalue weighted by atomic mass is 9.91. The molecule has 1 fully saturated rings. The lowest BCUT2D eigenvalue weighted by Gasteiger charge is -2.35. The highest BCUT2D eigenvalue weighted by Gasteiger charge is 2.28. The highest BCUT2D eigenvalue weighted by atomic mass is 16.7. The van der Waals surface area contributed by atoms with Crippen LogP contribution in [0.15, 0.2) is 79.1 Å². The maximum Gasteiger partial charge on any atom is 0.231 e. The molecule has 7 heteroatoms. The third kappa shape index (κ3) is 5.15. The van der Waals surface area contributed by atoms with Crippen molar-refractivity contribution in [1.29, 1.82) is 0 Å².